The van der Waals surface area contributed by atoms with Gasteiger partial charge in [0.1, 0.15) is 0 Å². The number of hydrogen-bond donors (Lipinski definition) is 0. The lowest BCUT2D eigenvalue weighted by atomic mass is 9.81. The first-order valence-electron chi connectivity index (χ1n) is 25.5. The third kappa shape index (κ3) is 6.24. The summed E-state index contributed by atoms with van der Waals surface area (Å²) in [7, 11) is 0. The average Bonchev–Trinajstić information content (AvgIpc) is 4.04. The van der Waals surface area contributed by atoms with E-state index in [0.29, 0.717) is 0 Å². The molecule has 14 aromatic rings. The molecule has 0 atom stereocenters. The minimum absolute atomic E-state index is 0.0832. The second-order valence-corrected chi connectivity index (χ2v) is 20.4. The van der Waals surface area contributed by atoms with Gasteiger partial charge in [-0.25, -0.2) is 0 Å². The fraction of sp³-hybridized carbons (Fsp3) is 0.0423. The smallest absolute Gasteiger partial charge is 0.0541 e. The molecule has 0 radical (unpaired) electrons. The van der Waals surface area contributed by atoms with Gasteiger partial charge in [-0.2, -0.15) is 0 Å². The van der Waals surface area contributed by atoms with Crippen LogP contribution >= 0.6 is 0 Å². The highest BCUT2D eigenvalue weighted by atomic mass is 15.0. The van der Waals surface area contributed by atoms with Gasteiger partial charge in [-0.1, -0.05) is 196 Å². The Morgan fingerprint density at radius 2 is 0.616 bits per heavy atom. The summed E-state index contributed by atoms with van der Waals surface area (Å²) in [6.07, 6.45) is 0. The van der Waals surface area contributed by atoms with Crippen molar-refractivity contribution in [3.05, 3.63) is 266 Å². The van der Waals surface area contributed by atoms with Crippen molar-refractivity contribution in [3.63, 3.8) is 0 Å². The molecule has 0 aliphatic heterocycles. The van der Waals surface area contributed by atoms with Gasteiger partial charge in [-0.15, -0.1) is 0 Å². The maximum Gasteiger partial charge on any atom is 0.0541 e. The Labute approximate surface area is 424 Å². The molecular formula is C71H48N2. The van der Waals surface area contributed by atoms with Crippen molar-refractivity contribution in [1.29, 1.82) is 0 Å². The van der Waals surface area contributed by atoms with Crippen molar-refractivity contribution in [2.45, 2.75) is 19.3 Å². The molecule has 0 spiro atoms. The van der Waals surface area contributed by atoms with E-state index in [0.717, 1.165) is 5.69 Å². The van der Waals surface area contributed by atoms with E-state index in [1.54, 1.807) is 0 Å². The van der Waals surface area contributed by atoms with Crippen LogP contribution in [0.4, 0.5) is 0 Å². The molecule has 12 aromatic carbocycles. The molecule has 2 aromatic heterocycles. The lowest BCUT2D eigenvalue weighted by molar-refractivity contribution is 0.660. The van der Waals surface area contributed by atoms with Crippen LogP contribution in [-0.4, -0.2) is 9.13 Å². The molecule has 0 unspecified atom stereocenters. The number of benzene rings is 12. The molecule has 1 aliphatic carbocycles. The molecule has 0 bridgehead atoms. The fourth-order valence-electron chi connectivity index (χ4n) is 12.7. The van der Waals surface area contributed by atoms with Gasteiger partial charge in [-0.05, 0) is 161 Å². The molecule has 0 fully saturated rings. The van der Waals surface area contributed by atoms with Crippen LogP contribution in [0.3, 0.4) is 0 Å². The van der Waals surface area contributed by atoms with Crippen LogP contribution in [0.5, 0.6) is 0 Å². The highest BCUT2D eigenvalue weighted by Gasteiger charge is 2.35. The van der Waals surface area contributed by atoms with Crippen molar-refractivity contribution in [1.82, 2.24) is 9.13 Å². The van der Waals surface area contributed by atoms with E-state index in [9.17, 15) is 0 Å². The number of fused-ring (bicyclic) bond motifs is 11. The molecule has 1 aliphatic rings. The van der Waals surface area contributed by atoms with E-state index in [-0.39, 0.29) is 5.41 Å². The summed E-state index contributed by atoms with van der Waals surface area (Å²) in [5.74, 6) is 0. The van der Waals surface area contributed by atoms with Gasteiger partial charge >= 0.3 is 0 Å². The van der Waals surface area contributed by atoms with E-state index in [1.165, 1.54) is 138 Å². The predicted molar refractivity (Wildman–Crippen MR) is 309 cm³/mol. The fourth-order valence-corrected chi connectivity index (χ4v) is 12.7. The van der Waals surface area contributed by atoms with Crippen molar-refractivity contribution >= 4 is 65.2 Å². The minimum Gasteiger partial charge on any atom is -0.309 e. The summed E-state index contributed by atoms with van der Waals surface area (Å²) in [4.78, 5) is 0. The van der Waals surface area contributed by atoms with Crippen molar-refractivity contribution in [3.8, 4) is 67.0 Å². The van der Waals surface area contributed by atoms with Gasteiger partial charge in [-0.3, -0.25) is 0 Å². The first-order chi connectivity index (χ1) is 36.0. The van der Waals surface area contributed by atoms with Gasteiger partial charge in [0, 0.05) is 38.3 Å². The molecule has 2 heterocycles. The maximum atomic E-state index is 2.47. The molecule has 73 heavy (non-hydrogen) atoms. The molecule has 342 valence electrons. The second kappa shape index (κ2) is 15.9. The molecule has 0 amide bonds. The average molecular weight is 929 g/mol. The summed E-state index contributed by atoms with van der Waals surface area (Å²) in [6, 6.07) is 94.7. The Morgan fingerprint density at radius 1 is 0.247 bits per heavy atom. The molecular weight excluding hydrogens is 881 g/mol. The standard InChI is InChI=1S/C71H48N2/c1-71(2)63-27-15-13-21-53(63)54-37-31-50(44-64(54)71)49-34-40-68-62(43-49)61-42-48(47-32-38-66-60(41-47)55-22-14-16-28-65(55)72(66)51-19-7-4-8-20-51)33-39-67(61)73(68)52-35-29-46(30-36-52)70-58-25-11-9-23-56(58)69(45-17-5-3-6-18-45)57-24-10-12-26-59(57)70/h3-44H,1-2H3. The second-order valence-electron chi connectivity index (χ2n) is 20.4. The van der Waals surface area contributed by atoms with Gasteiger partial charge in [0.25, 0.3) is 0 Å². The Kier molecular flexibility index (Phi) is 9.04. The topological polar surface area (TPSA) is 9.86 Å². The van der Waals surface area contributed by atoms with Gasteiger partial charge in [0.2, 0.25) is 0 Å². The summed E-state index contributed by atoms with van der Waals surface area (Å²) < 4.78 is 4.86. The zero-order chi connectivity index (χ0) is 48.4. The Hall–Kier alpha value is -9.24. The molecule has 0 saturated heterocycles. The summed E-state index contributed by atoms with van der Waals surface area (Å²) in [5, 5.41) is 10.00. The summed E-state index contributed by atoms with van der Waals surface area (Å²) in [6.45, 7) is 4.74. The number of nitrogens with zero attached hydrogens (tertiary/aromatic N) is 2. The monoisotopic (exact) mass is 928 g/mol. The highest BCUT2D eigenvalue weighted by Crippen LogP contribution is 2.50. The lowest BCUT2D eigenvalue weighted by Gasteiger charge is -2.22. The van der Waals surface area contributed by atoms with E-state index in [2.05, 4.69) is 278 Å². The van der Waals surface area contributed by atoms with Crippen LogP contribution in [0, 0.1) is 0 Å². The molecule has 0 N–H and O–H groups in total. The zero-order valence-corrected chi connectivity index (χ0v) is 40.6. The number of rotatable bonds is 6. The predicted octanol–water partition coefficient (Wildman–Crippen LogP) is 19.2. The largest absolute Gasteiger partial charge is 0.309 e. The molecule has 15 rings (SSSR count). The Balaban J connectivity index is 0.909. The molecule has 2 nitrogen and oxygen atoms in total. The van der Waals surface area contributed by atoms with Gasteiger partial charge < -0.3 is 9.13 Å². The van der Waals surface area contributed by atoms with Crippen molar-refractivity contribution in [2.24, 2.45) is 0 Å². The van der Waals surface area contributed by atoms with E-state index < -0.39 is 0 Å². The molecule has 0 saturated carbocycles. The Bertz CT molecular complexity index is 4490. The van der Waals surface area contributed by atoms with Crippen LogP contribution < -0.4 is 0 Å². The normalized spacial score (nSPS) is 12.9. The quantitative estimate of drug-likeness (QED) is 0.147. The summed E-state index contributed by atoms with van der Waals surface area (Å²) >= 11 is 0. The zero-order valence-electron chi connectivity index (χ0n) is 40.6. The van der Waals surface area contributed by atoms with Gasteiger partial charge in [0.05, 0.1) is 22.1 Å². The van der Waals surface area contributed by atoms with Crippen LogP contribution in [0.15, 0.2) is 255 Å². The SMILES string of the molecule is CC1(C)c2ccccc2-c2ccc(-c3ccc4c(c3)c3cc(-c5ccc6c(c5)c5ccccc5n6-c5ccccc5)ccc3n4-c3ccc(-c4c5ccccc5c(-c5ccccc5)c5ccccc45)cc3)cc21. The number of hydrogen-bond acceptors (Lipinski definition) is 0. The number of para-hydroxylation sites is 2. The third-order valence-corrected chi connectivity index (χ3v) is 16.1. The first kappa shape index (κ1) is 41.5. The lowest BCUT2D eigenvalue weighted by Crippen LogP contribution is -2.14. The van der Waals surface area contributed by atoms with Crippen molar-refractivity contribution in [2.75, 3.05) is 0 Å². The minimum atomic E-state index is -0.0832. The van der Waals surface area contributed by atoms with Crippen LogP contribution in [0.25, 0.3) is 132 Å². The third-order valence-electron chi connectivity index (χ3n) is 16.1. The Morgan fingerprint density at radius 3 is 1.18 bits per heavy atom. The number of aromatic nitrogens is 2. The summed E-state index contributed by atoms with van der Waals surface area (Å²) in [5.41, 5.74) is 22.3. The van der Waals surface area contributed by atoms with E-state index in [4.69, 9.17) is 0 Å². The van der Waals surface area contributed by atoms with E-state index in [1.807, 2.05) is 0 Å². The van der Waals surface area contributed by atoms with E-state index >= 15 is 0 Å². The molecule has 2 heteroatoms. The van der Waals surface area contributed by atoms with Crippen LogP contribution in [0.2, 0.25) is 0 Å². The van der Waals surface area contributed by atoms with Crippen LogP contribution in [-0.2, 0) is 5.41 Å². The van der Waals surface area contributed by atoms with Crippen LogP contribution in [0.1, 0.15) is 25.0 Å². The highest BCUT2D eigenvalue weighted by molar-refractivity contribution is 6.21. The van der Waals surface area contributed by atoms with Gasteiger partial charge in [0.15, 0.2) is 0 Å². The van der Waals surface area contributed by atoms with Crippen molar-refractivity contribution < 1.29 is 0 Å². The maximum absolute atomic E-state index is 2.47. The first-order valence-corrected chi connectivity index (χ1v) is 25.5.